The molecule has 0 radical (unpaired) electrons. The number of piperidine rings is 1. The van der Waals surface area contributed by atoms with Gasteiger partial charge < -0.3 is 4.57 Å². The molecule has 0 atom stereocenters. The van der Waals surface area contributed by atoms with Crippen molar-refractivity contribution in [2.75, 3.05) is 13.1 Å². The number of imidazole rings is 1. The molecule has 3 heteroatoms. The SMILES string of the molecule is Cc1ccccc1CN1CCC(Cn2cnc3ccccc32)CC1. The van der Waals surface area contributed by atoms with Crippen molar-refractivity contribution in [3.05, 3.63) is 66.0 Å². The Morgan fingerprint density at radius 3 is 2.58 bits per heavy atom. The third-order valence-electron chi connectivity index (χ3n) is 5.34. The number of aryl methyl sites for hydroxylation is 1. The Kier molecular flexibility index (Phi) is 4.35. The second-order valence-electron chi connectivity index (χ2n) is 7.03. The molecule has 0 spiro atoms. The lowest BCUT2D eigenvalue weighted by Gasteiger charge is -2.32. The van der Waals surface area contributed by atoms with Crippen LogP contribution >= 0.6 is 0 Å². The number of benzene rings is 2. The van der Waals surface area contributed by atoms with Crippen molar-refractivity contribution in [2.45, 2.75) is 32.9 Å². The smallest absolute Gasteiger partial charge is 0.0958 e. The van der Waals surface area contributed by atoms with Crippen LogP contribution in [-0.2, 0) is 13.1 Å². The molecule has 0 saturated carbocycles. The average molecular weight is 319 g/mol. The van der Waals surface area contributed by atoms with E-state index in [1.807, 2.05) is 6.33 Å². The highest BCUT2D eigenvalue weighted by atomic mass is 15.1. The fourth-order valence-corrected chi connectivity index (χ4v) is 3.79. The summed E-state index contributed by atoms with van der Waals surface area (Å²) in [6.45, 7) is 6.80. The normalized spacial score (nSPS) is 16.7. The van der Waals surface area contributed by atoms with Crippen LogP contribution in [0.5, 0.6) is 0 Å². The number of likely N-dealkylation sites (tertiary alicyclic amines) is 1. The molecular weight excluding hydrogens is 294 g/mol. The van der Waals surface area contributed by atoms with Crippen LogP contribution in [0.3, 0.4) is 0 Å². The van der Waals surface area contributed by atoms with E-state index in [1.165, 1.54) is 42.6 Å². The zero-order valence-corrected chi connectivity index (χ0v) is 14.4. The van der Waals surface area contributed by atoms with Crippen molar-refractivity contribution in [2.24, 2.45) is 5.92 Å². The first kappa shape index (κ1) is 15.4. The number of nitrogens with zero attached hydrogens (tertiary/aromatic N) is 3. The van der Waals surface area contributed by atoms with Crippen molar-refractivity contribution < 1.29 is 0 Å². The summed E-state index contributed by atoms with van der Waals surface area (Å²) in [5.41, 5.74) is 5.25. The van der Waals surface area contributed by atoms with E-state index < -0.39 is 0 Å². The molecule has 1 aliphatic rings. The fourth-order valence-electron chi connectivity index (χ4n) is 3.79. The molecule has 0 aliphatic carbocycles. The van der Waals surface area contributed by atoms with Crippen molar-refractivity contribution in [1.29, 1.82) is 0 Å². The minimum Gasteiger partial charge on any atom is -0.330 e. The second kappa shape index (κ2) is 6.78. The van der Waals surface area contributed by atoms with E-state index in [0.29, 0.717) is 0 Å². The van der Waals surface area contributed by atoms with Gasteiger partial charge >= 0.3 is 0 Å². The van der Waals surface area contributed by atoms with Gasteiger partial charge in [-0.05, 0) is 62.0 Å². The number of rotatable bonds is 4. The van der Waals surface area contributed by atoms with Crippen LogP contribution in [0.2, 0.25) is 0 Å². The van der Waals surface area contributed by atoms with E-state index in [4.69, 9.17) is 0 Å². The Morgan fingerprint density at radius 2 is 1.75 bits per heavy atom. The van der Waals surface area contributed by atoms with E-state index in [9.17, 15) is 0 Å². The molecular formula is C21H25N3. The second-order valence-corrected chi connectivity index (χ2v) is 7.03. The zero-order chi connectivity index (χ0) is 16.4. The van der Waals surface area contributed by atoms with Crippen LogP contribution < -0.4 is 0 Å². The summed E-state index contributed by atoms with van der Waals surface area (Å²) >= 11 is 0. The lowest BCUT2D eigenvalue weighted by Crippen LogP contribution is -2.34. The van der Waals surface area contributed by atoms with E-state index in [1.54, 1.807) is 0 Å². The van der Waals surface area contributed by atoms with Gasteiger partial charge in [0.2, 0.25) is 0 Å². The highest BCUT2D eigenvalue weighted by molar-refractivity contribution is 5.74. The summed E-state index contributed by atoms with van der Waals surface area (Å²) in [7, 11) is 0. The van der Waals surface area contributed by atoms with Crippen LogP contribution in [0.4, 0.5) is 0 Å². The summed E-state index contributed by atoms with van der Waals surface area (Å²) in [5.74, 6) is 0.760. The minimum absolute atomic E-state index is 0.760. The Morgan fingerprint density at radius 1 is 1.00 bits per heavy atom. The maximum atomic E-state index is 4.52. The third kappa shape index (κ3) is 3.22. The van der Waals surface area contributed by atoms with E-state index in [-0.39, 0.29) is 0 Å². The van der Waals surface area contributed by atoms with Crippen LogP contribution in [0.15, 0.2) is 54.9 Å². The summed E-state index contributed by atoms with van der Waals surface area (Å²) in [4.78, 5) is 7.12. The van der Waals surface area contributed by atoms with Gasteiger partial charge in [-0.1, -0.05) is 36.4 Å². The van der Waals surface area contributed by atoms with Crippen molar-refractivity contribution in [3.63, 3.8) is 0 Å². The maximum Gasteiger partial charge on any atom is 0.0958 e. The van der Waals surface area contributed by atoms with Crippen molar-refractivity contribution in [1.82, 2.24) is 14.5 Å². The number of fused-ring (bicyclic) bond motifs is 1. The lowest BCUT2D eigenvalue weighted by molar-refractivity contribution is 0.167. The summed E-state index contributed by atoms with van der Waals surface area (Å²) < 4.78 is 2.33. The molecule has 0 bridgehead atoms. The van der Waals surface area contributed by atoms with Crippen LogP contribution in [0.1, 0.15) is 24.0 Å². The molecule has 1 aromatic heterocycles. The van der Waals surface area contributed by atoms with Gasteiger partial charge in [0, 0.05) is 13.1 Å². The first-order valence-corrected chi connectivity index (χ1v) is 8.96. The molecule has 0 amide bonds. The Bertz CT molecular complexity index is 813. The molecule has 1 aliphatic heterocycles. The molecule has 4 rings (SSSR count). The van der Waals surface area contributed by atoms with Gasteiger partial charge in [-0.15, -0.1) is 0 Å². The van der Waals surface area contributed by atoms with Gasteiger partial charge in [-0.2, -0.15) is 0 Å². The topological polar surface area (TPSA) is 21.1 Å². The highest BCUT2D eigenvalue weighted by Crippen LogP contribution is 2.23. The van der Waals surface area contributed by atoms with Gasteiger partial charge in [0.15, 0.2) is 0 Å². The molecule has 2 heterocycles. The fraction of sp³-hybridized carbons (Fsp3) is 0.381. The Hall–Kier alpha value is -2.13. The predicted octanol–water partition coefficient (Wildman–Crippen LogP) is 4.26. The molecule has 0 N–H and O–H groups in total. The summed E-state index contributed by atoms with van der Waals surface area (Å²) in [5, 5.41) is 0. The third-order valence-corrected chi connectivity index (χ3v) is 5.34. The number of hydrogen-bond acceptors (Lipinski definition) is 2. The van der Waals surface area contributed by atoms with Crippen LogP contribution in [-0.4, -0.2) is 27.5 Å². The molecule has 2 aromatic carbocycles. The van der Waals surface area contributed by atoms with Gasteiger partial charge in [0.25, 0.3) is 0 Å². The van der Waals surface area contributed by atoms with Crippen LogP contribution in [0, 0.1) is 12.8 Å². The van der Waals surface area contributed by atoms with E-state index >= 15 is 0 Å². The first-order valence-electron chi connectivity index (χ1n) is 8.96. The van der Waals surface area contributed by atoms with Gasteiger partial charge in [0.1, 0.15) is 0 Å². The van der Waals surface area contributed by atoms with Crippen LogP contribution in [0.25, 0.3) is 11.0 Å². The predicted molar refractivity (Wildman–Crippen MR) is 98.9 cm³/mol. The molecule has 1 fully saturated rings. The van der Waals surface area contributed by atoms with Gasteiger partial charge in [-0.3, -0.25) is 4.90 Å². The maximum absolute atomic E-state index is 4.52. The van der Waals surface area contributed by atoms with E-state index in [2.05, 4.69) is 69.9 Å². The summed E-state index contributed by atoms with van der Waals surface area (Å²) in [6, 6.07) is 17.2. The molecule has 1 saturated heterocycles. The Balaban J connectivity index is 1.35. The average Bonchev–Trinajstić information content (AvgIpc) is 3.02. The van der Waals surface area contributed by atoms with Gasteiger partial charge in [-0.25, -0.2) is 4.98 Å². The highest BCUT2D eigenvalue weighted by Gasteiger charge is 2.20. The lowest BCUT2D eigenvalue weighted by atomic mass is 9.96. The van der Waals surface area contributed by atoms with Gasteiger partial charge in [0.05, 0.1) is 17.4 Å². The molecule has 3 aromatic rings. The van der Waals surface area contributed by atoms with E-state index in [0.717, 1.165) is 24.5 Å². The number of aromatic nitrogens is 2. The number of para-hydroxylation sites is 2. The monoisotopic (exact) mass is 319 g/mol. The molecule has 124 valence electrons. The number of hydrogen-bond donors (Lipinski definition) is 0. The zero-order valence-electron chi connectivity index (χ0n) is 14.4. The van der Waals surface area contributed by atoms with Crippen molar-refractivity contribution >= 4 is 11.0 Å². The molecule has 0 unspecified atom stereocenters. The largest absolute Gasteiger partial charge is 0.330 e. The molecule has 3 nitrogen and oxygen atoms in total. The minimum atomic E-state index is 0.760. The Labute approximate surface area is 143 Å². The summed E-state index contributed by atoms with van der Waals surface area (Å²) in [6.07, 6.45) is 4.56. The van der Waals surface area contributed by atoms with Crippen molar-refractivity contribution in [3.8, 4) is 0 Å². The quantitative estimate of drug-likeness (QED) is 0.716. The standard InChI is InChI=1S/C21H25N3/c1-17-6-2-3-7-19(17)15-23-12-10-18(11-13-23)14-24-16-22-20-8-4-5-9-21(20)24/h2-9,16,18H,10-15H2,1H3. The first-order chi connectivity index (χ1) is 11.8. The molecule has 24 heavy (non-hydrogen) atoms.